The lowest BCUT2D eigenvalue weighted by atomic mass is 10.1. The van der Waals surface area contributed by atoms with Crippen molar-refractivity contribution in [2.75, 3.05) is 5.32 Å². The summed E-state index contributed by atoms with van der Waals surface area (Å²) in [5, 5.41) is 9.98. The summed E-state index contributed by atoms with van der Waals surface area (Å²) in [6.07, 6.45) is 6.62. The van der Waals surface area contributed by atoms with Gasteiger partial charge in [0.15, 0.2) is 0 Å². The number of hydrogen-bond donors (Lipinski definition) is 2. The van der Waals surface area contributed by atoms with Gasteiger partial charge in [0.1, 0.15) is 0 Å². The number of rotatable bonds is 5. The van der Waals surface area contributed by atoms with Gasteiger partial charge in [-0.05, 0) is 51.1 Å². The summed E-state index contributed by atoms with van der Waals surface area (Å²) in [6.45, 7) is 5.72. The molecule has 3 rings (SSSR count). The quantitative estimate of drug-likeness (QED) is 0.648. The fourth-order valence-electron chi connectivity index (χ4n) is 2.69. The van der Waals surface area contributed by atoms with Gasteiger partial charge in [0.2, 0.25) is 5.91 Å². The Hall–Kier alpha value is -3.67. The van der Waals surface area contributed by atoms with Gasteiger partial charge in [0.25, 0.3) is 5.91 Å². The van der Waals surface area contributed by atoms with E-state index >= 15 is 0 Å². The summed E-state index contributed by atoms with van der Waals surface area (Å²) in [7, 11) is 0. The van der Waals surface area contributed by atoms with Crippen LogP contribution in [0.1, 0.15) is 36.7 Å². The fourth-order valence-corrected chi connectivity index (χ4v) is 2.69. The van der Waals surface area contributed by atoms with E-state index in [0.717, 1.165) is 11.3 Å². The molecule has 0 spiro atoms. The highest BCUT2D eigenvalue weighted by Crippen LogP contribution is 2.16. The van der Waals surface area contributed by atoms with Crippen LogP contribution in [0, 0.1) is 0 Å². The Morgan fingerprint density at radius 3 is 2.41 bits per heavy atom. The first-order valence-corrected chi connectivity index (χ1v) is 9.32. The summed E-state index contributed by atoms with van der Waals surface area (Å²) in [5.74, 6) is -0.560. The van der Waals surface area contributed by atoms with Crippen LogP contribution in [0.4, 0.5) is 5.69 Å². The van der Waals surface area contributed by atoms with Gasteiger partial charge in [0, 0.05) is 23.4 Å². The third-order valence-corrected chi connectivity index (χ3v) is 3.97. The van der Waals surface area contributed by atoms with E-state index in [2.05, 4.69) is 15.7 Å². The van der Waals surface area contributed by atoms with Crippen LogP contribution in [-0.4, -0.2) is 27.1 Å². The second kappa shape index (κ2) is 8.56. The zero-order chi connectivity index (χ0) is 20.9. The minimum atomic E-state index is -0.368. The summed E-state index contributed by atoms with van der Waals surface area (Å²) in [6, 6.07) is 16.6. The highest BCUT2D eigenvalue weighted by Gasteiger charge is 2.18. The van der Waals surface area contributed by atoms with Gasteiger partial charge in [-0.2, -0.15) is 5.10 Å². The van der Waals surface area contributed by atoms with Crippen LogP contribution in [0.3, 0.4) is 0 Å². The Bertz CT molecular complexity index is 1030. The molecule has 0 atom stereocenters. The molecular formula is C23H24N4O2. The highest BCUT2D eigenvalue weighted by atomic mass is 16.2. The molecule has 0 radical (unpaired) electrons. The molecule has 0 saturated carbocycles. The molecule has 2 N–H and O–H groups in total. The summed E-state index contributed by atoms with van der Waals surface area (Å²) in [4.78, 5) is 24.9. The van der Waals surface area contributed by atoms with E-state index in [1.54, 1.807) is 41.2 Å². The Morgan fingerprint density at radius 1 is 1.00 bits per heavy atom. The van der Waals surface area contributed by atoms with Crippen LogP contribution < -0.4 is 10.6 Å². The van der Waals surface area contributed by atoms with Crippen LogP contribution in [0.25, 0.3) is 11.8 Å². The maximum atomic E-state index is 12.5. The minimum Gasteiger partial charge on any atom is -0.347 e. The van der Waals surface area contributed by atoms with Gasteiger partial charge in [-0.25, -0.2) is 4.68 Å². The Kier molecular flexibility index (Phi) is 5.93. The van der Waals surface area contributed by atoms with Crippen molar-refractivity contribution in [2.45, 2.75) is 26.3 Å². The Labute approximate surface area is 170 Å². The van der Waals surface area contributed by atoms with Crippen molar-refractivity contribution in [3.63, 3.8) is 0 Å². The smallest absolute Gasteiger partial charge is 0.253 e. The Balaban J connectivity index is 1.69. The molecule has 148 valence electrons. The molecule has 0 saturated heterocycles. The predicted octanol–water partition coefficient (Wildman–Crippen LogP) is 4.05. The number of anilines is 1. The van der Waals surface area contributed by atoms with E-state index < -0.39 is 0 Å². The molecule has 29 heavy (non-hydrogen) atoms. The zero-order valence-electron chi connectivity index (χ0n) is 16.7. The average Bonchev–Trinajstić information content (AvgIpc) is 3.15. The number of nitrogens with one attached hydrogen (secondary N) is 2. The molecule has 6 nitrogen and oxygen atoms in total. The number of aromatic nitrogens is 2. The van der Waals surface area contributed by atoms with Crippen LogP contribution in [0.2, 0.25) is 0 Å². The molecule has 0 fully saturated rings. The van der Waals surface area contributed by atoms with Crippen LogP contribution >= 0.6 is 0 Å². The van der Waals surface area contributed by atoms with Crippen molar-refractivity contribution in [3.05, 3.63) is 84.2 Å². The zero-order valence-corrected chi connectivity index (χ0v) is 16.7. The van der Waals surface area contributed by atoms with Gasteiger partial charge in [0.05, 0.1) is 23.1 Å². The second-order valence-corrected chi connectivity index (χ2v) is 7.63. The van der Waals surface area contributed by atoms with Crippen molar-refractivity contribution >= 4 is 23.6 Å². The SMILES string of the molecule is CC(C)(C)NC(=O)c1ccccc1NC(=O)/C=C/c1cnn(-c2ccccc2)c1. The van der Waals surface area contributed by atoms with Crippen molar-refractivity contribution < 1.29 is 9.59 Å². The molecule has 2 amide bonds. The van der Waals surface area contributed by atoms with Gasteiger partial charge < -0.3 is 10.6 Å². The number of hydrogen-bond acceptors (Lipinski definition) is 3. The first-order chi connectivity index (χ1) is 13.8. The van der Waals surface area contributed by atoms with Crippen molar-refractivity contribution in [1.82, 2.24) is 15.1 Å². The van der Waals surface area contributed by atoms with E-state index in [9.17, 15) is 9.59 Å². The monoisotopic (exact) mass is 388 g/mol. The van der Waals surface area contributed by atoms with Gasteiger partial charge >= 0.3 is 0 Å². The molecule has 0 aliphatic rings. The van der Waals surface area contributed by atoms with Crippen LogP contribution in [0.5, 0.6) is 0 Å². The third-order valence-electron chi connectivity index (χ3n) is 3.97. The number of amides is 2. The predicted molar refractivity (Wildman–Crippen MR) is 115 cm³/mol. The van der Waals surface area contributed by atoms with E-state index in [0.29, 0.717) is 11.3 Å². The molecule has 1 aromatic heterocycles. The molecule has 0 bridgehead atoms. The molecule has 0 unspecified atom stereocenters. The molecule has 3 aromatic rings. The first-order valence-electron chi connectivity index (χ1n) is 9.32. The number of carbonyl (C=O) groups is 2. The normalized spacial score (nSPS) is 11.4. The molecular weight excluding hydrogens is 364 g/mol. The minimum absolute atomic E-state index is 0.235. The third kappa shape index (κ3) is 5.65. The summed E-state index contributed by atoms with van der Waals surface area (Å²) < 4.78 is 1.74. The Morgan fingerprint density at radius 2 is 1.69 bits per heavy atom. The van der Waals surface area contributed by atoms with Gasteiger partial charge in [-0.1, -0.05) is 30.3 Å². The molecule has 2 aromatic carbocycles. The number of nitrogens with zero attached hydrogens (tertiary/aromatic N) is 2. The maximum Gasteiger partial charge on any atom is 0.253 e. The molecule has 6 heteroatoms. The maximum absolute atomic E-state index is 12.5. The molecule has 0 aliphatic carbocycles. The van der Waals surface area contributed by atoms with Gasteiger partial charge in [-0.15, -0.1) is 0 Å². The van der Waals surface area contributed by atoms with Crippen LogP contribution in [0.15, 0.2) is 73.1 Å². The fraction of sp³-hybridized carbons (Fsp3) is 0.174. The largest absolute Gasteiger partial charge is 0.347 e. The van der Waals surface area contributed by atoms with Crippen molar-refractivity contribution in [2.24, 2.45) is 0 Å². The van der Waals surface area contributed by atoms with E-state index in [-0.39, 0.29) is 17.4 Å². The summed E-state index contributed by atoms with van der Waals surface area (Å²) >= 11 is 0. The average molecular weight is 388 g/mol. The lowest BCUT2D eigenvalue weighted by molar-refractivity contribution is -0.111. The topological polar surface area (TPSA) is 76.0 Å². The van der Waals surface area contributed by atoms with Crippen molar-refractivity contribution in [3.8, 4) is 5.69 Å². The lowest BCUT2D eigenvalue weighted by Gasteiger charge is -2.21. The van der Waals surface area contributed by atoms with E-state index in [1.165, 1.54) is 6.08 Å². The lowest BCUT2D eigenvalue weighted by Crippen LogP contribution is -2.40. The van der Waals surface area contributed by atoms with E-state index in [1.807, 2.05) is 57.3 Å². The number of benzene rings is 2. The molecule has 0 aliphatic heterocycles. The highest BCUT2D eigenvalue weighted by molar-refractivity contribution is 6.07. The molecule has 1 heterocycles. The summed E-state index contributed by atoms with van der Waals surface area (Å²) in [5.41, 5.74) is 2.25. The van der Waals surface area contributed by atoms with Crippen LogP contribution in [-0.2, 0) is 4.79 Å². The number of para-hydroxylation sites is 2. The standard InChI is InChI=1S/C23H24N4O2/c1-23(2,3)26-22(29)19-11-7-8-12-20(19)25-21(28)14-13-17-15-24-27(16-17)18-9-5-4-6-10-18/h4-16H,1-3H3,(H,25,28)(H,26,29)/b14-13+. The first kappa shape index (κ1) is 20.1. The van der Waals surface area contributed by atoms with Gasteiger partial charge in [-0.3, -0.25) is 9.59 Å². The van der Waals surface area contributed by atoms with Crippen molar-refractivity contribution in [1.29, 1.82) is 0 Å². The number of carbonyl (C=O) groups excluding carboxylic acids is 2. The van der Waals surface area contributed by atoms with E-state index in [4.69, 9.17) is 0 Å². The second-order valence-electron chi connectivity index (χ2n) is 7.63.